The molecule has 3 heterocycles. The molecule has 0 radical (unpaired) electrons. The van der Waals surface area contributed by atoms with Crippen LogP contribution in [0.1, 0.15) is 22.4 Å². The molecule has 26 heavy (non-hydrogen) atoms. The zero-order chi connectivity index (χ0) is 18.3. The van der Waals surface area contributed by atoms with Gasteiger partial charge in [0.2, 0.25) is 10.0 Å². The molecular formula is C18H23N5O2S. The van der Waals surface area contributed by atoms with Crippen LogP contribution in [-0.2, 0) is 36.0 Å². The van der Waals surface area contributed by atoms with Crippen molar-refractivity contribution in [1.29, 1.82) is 0 Å². The van der Waals surface area contributed by atoms with E-state index in [0.29, 0.717) is 17.9 Å². The average molecular weight is 373 g/mol. The number of fused-ring (bicyclic) bond motifs is 2. The summed E-state index contributed by atoms with van der Waals surface area (Å²) in [5.74, 6) is 0.981. The van der Waals surface area contributed by atoms with Gasteiger partial charge in [-0.15, -0.1) is 0 Å². The average Bonchev–Trinajstić information content (AvgIpc) is 2.66. The van der Waals surface area contributed by atoms with Crippen LogP contribution in [0.4, 0.5) is 5.82 Å². The normalized spacial score (nSPS) is 17.7. The smallest absolute Gasteiger partial charge is 0.240 e. The summed E-state index contributed by atoms with van der Waals surface area (Å²) in [7, 11) is 0.119. The Morgan fingerprint density at radius 2 is 1.92 bits per heavy atom. The van der Waals surface area contributed by atoms with Gasteiger partial charge in [0.25, 0.3) is 0 Å². The number of nitrogens with zero attached hydrogens (tertiary/aromatic N) is 4. The maximum Gasteiger partial charge on any atom is 0.240 e. The van der Waals surface area contributed by atoms with Crippen LogP contribution in [0.25, 0.3) is 0 Å². The number of benzene rings is 1. The molecule has 0 aliphatic carbocycles. The lowest BCUT2D eigenvalue weighted by molar-refractivity contribution is 0.309. The molecular weight excluding hydrogens is 350 g/mol. The summed E-state index contributed by atoms with van der Waals surface area (Å²) in [5.41, 5.74) is 4.29. The summed E-state index contributed by atoms with van der Waals surface area (Å²) in [4.78, 5) is 13.9. The second-order valence-corrected chi connectivity index (χ2v) is 8.74. The highest BCUT2D eigenvalue weighted by molar-refractivity contribution is 7.89. The highest BCUT2D eigenvalue weighted by atomic mass is 32.2. The highest BCUT2D eigenvalue weighted by Crippen LogP contribution is 2.31. The minimum atomic E-state index is -3.44. The zero-order valence-corrected chi connectivity index (χ0v) is 15.9. The monoisotopic (exact) mass is 373 g/mol. The van der Waals surface area contributed by atoms with Crippen LogP contribution in [0.5, 0.6) is 0 Å². The van der Waals surface area contributed by atoms with Gasteiger partial charge >= 0.3 is 0 Å². The molecule has 0 saturated heterocycles. The largest absolute Gasteiger partial charge is 0.352 e. The molecule has 0 unspecified atom stereocenters. The Morgan fingerprint density at radius 3 is 2.73 bits per heavy atom. The molecule has 1 aromatic heterocycles. The third-order valence-corrected chi connectivity index (χ3v) is 6.75. The third kappa shape index (κ3) is 2.98. The first-order valence-corrected chi connectivity index (χ1v) is 10.3. The van der Waals surface area contributed by atoms with E-state index in [9.17, 15) is 8.42 Å². The molecule has 8 heteroatoms. The van der Waals surface area contributed by atoms with Crippen molar-refractivity contribution in [2.75, 3.05) is 32.1 Å². The Labute approximate surface area is 154 Å². The van der Waals surface area contributed by atoms with Crippen molar-refractivity contribution < 1.29 is 8.42 Å². The molecule has 1 N–H and O–H groups in total. The van der Waals surface area contributed by atoms with E-state index in [1.807, 2.05) is 12.1 Å². The number of nitrogens with one attached hydrogen (secondary N) is 1. The van der Waals surface area contributed by atoms with Gasteiger partial charge in [-0.3, -0.25) is 0 Å². The van der Waals surface area contributed by atoms with E-state index in [1.165, 1.54) is 12.6 Å². The van der Waals surface area contributed by atoms with E-state index in [0.717, 1.165) is 48.7 Å². The maximum atomic E-state index is 12.3. The van der Waals surface area contributed by atoms with Gasteiger partial charge in [0.15, 0.2) is 0 Å². The van der Waals surface area contributed by atoms with Crippen molar-refractivity contribution in [3.05, 3.63) is 46.9 Å². The highest BCUT2D eigenvalue weighted by Gasteiger charge is 2.27. The fourth-order valence-corrected chi connectivity index (χ4v) is 4.89. The summed E-state index contributed by atoms with van der Waals surface area (Å²) < 4.78 is 27.0. The van der Waals surface area contributed by atoms with Crippen LogP contribution in [0.3, 0.4) is 0 Å². The van der Waals surface area contributed by atoms with Gasteiger partial charge in [0.05, 0.1) is 10.6 Å². The van der Waals surface area contributed by atoms with Crippen molar-refractivity contribution in [3.8, 4) is 0 Å². The van der Waals surface area contributed by atoms with E-state index in [-0.39, 0.29) is 0 Å². The summed E-state index contributed by atoms with van der Waals surface area (Å²) in [5, 5.41) is 0. The third-order valence-electron chi connectivity index (χ3n) is 5.25. The Bertz CT molecular complexity index is 945. The topological polar surface area (TPSA) is 78.4 Å². The molecule has 0 amide bonds. The fraction of sp³-hybridized carbons (Fsp3) is 0.444. The molecule has 0 atom stereocenters. The van der Waals surface area contributed by atoms with Crippen LogP contribution in [0.15, 0.2) is 29.4 Å². The van der Waals surface area contributed by atoms with Crippen LogP contribution in [0, 0.1) is 0 Å². The number of sulfonamides is 1. The summed E-state index contributed by atoms with van der Waals surface area (Å²) >= 11 is 0. The number of likely N-dealkylation sites (N-methyl/N-ethyl adjacent to an activating group) is 1. The Hall–Kier alpha value is -2.03. The standard InChI is InChI=1S/C18H23N5O2S/c1-19-26(24,25)17-5-3-4-13-10-23(9-6-14(13)17)18-15-11-22(2)8-7-16(15)20-12-21-18/h3-5,12,19H,6-11H2,1-2H3. The number of anilines is 1. The Balaban J connectivity index is 1.70. The molecule has 4 rings (SSSR count). The van der Waals surface area contributed by atoms with Gasteiger partial charge in [-0.25, -0.2) is 23.1 Å². The lowest BCUT2D eigenvalue weighted by Gasteiger charge is -2.34. The van der Waals surface area contributed by atoms with Crippen molar-refractivity contribution >= 4 is 15.8 Å². The minimum absolute atomic E-state index is 0.390. The van der Waals surface area contributed by atoms with E-state index in [2.05, 4.69) is 31.5 Å². The molecule has 2 aliphatic rings. The van der Waals surface area contributed by atoms with Crippen molar-refractivity contribution in [3.63, 3.8) is 0 Å². The molecule has 0 fully saturated rings. The SMILES string of the molecule is CNS(=O)(=O)c1cccc2c1CCN(c1ncnc3c1CN(C)CC3)C2. The van der Waals surface area contributed by atoms with Gasteiger partial charge in [-0.1, -0.05) is 12.1 Å². The molecule has 0 saturated carbocycles. The van der Waals surface area contributed by atoms with Gasteiger partial charge < -0.3 is 9.80 Å². The summed E-state index contributed by atoms with van der Waals surface area (Å²) in [6.45, 7) is 3.27. The molecule has 2 aliphatic heterocycles. The zero-order valence-electron chi connectivity index (χ0n) is 15.1. The quantitative estimate of drug-likeness (QED) is 0.863. The summed E-state index contributed by atoms with van der Waals surface area (Å²) in [6.07, 6.45) is 3.27. The number of hydrogen-bond acceptors (Lipinski definition) is 6. The fourth-order valence-electron chi connectivity index (χ4n) is 3.85. The molecule has 1 aromatic carbocycles. The maximum absolute atomic E-state index is 12.3. The van der Waals surface area contributed by atoms with Crippen LogP contribution in [0.2, 0.25) is 0 Å². The van der Waals surface area contributed by atoms with Gasteiger partial charge in [0, 0.05) is 38.2 Å². The van der Waals surface area contributed by atoms with E-state index < -0.39 is 10.0 Å². The Kier molecular flexibility index (Phi) is 4.42. The van der Waals surface area contributed by atoms with Crippen LogP contribution in [-0.4, -0.2) is 50.5 Å². The molecule has 2 aromatic rings. The minimum Gasteiger partial charge on any atom is -0.352 e. The number of rotatable bonds is 3. The number of hydrogen-bond donors (Lipinski definition) is 1. The predicted molar refractivity (Wildman–Crippen MR) is 99.5 cm³/mol. The molecule has 7 nitrogen and oxygen atoms in total. The van der Waals surface area contributed by atoms with E-state index >= 15 is 0 Å². The predicted octanol–water partition coefficient (Wildman–Crippen LogP) is 0.935. The van der Waals surface area contributed by atoms with Crippen LogP contribution < -0.4 is 9.62 Å². The van der Waals surface area contributed by atoms with E-state index in [4.69, 9.17) is 0 Å². The lowest BCUT2D eigenvalue weighted by Crippen LogP contribution is -2.36. The molecule has 0 bridgehead atoms. The summed E-state index contributed by atoms with van der Waals surface area (Å²) in [6, 6.07) is 5.51. The van der Waals surface area contributed by atoms with Crippen molar-refractivity contribution in [2.45, 2.75) is 30.8 Å². The van der Waals surface area contributed by atoms with Crippen molar-refractivity contribution in [2.24, 2.45) is 0 Å². The second kappa shape index (κ2) is 6.61. The molecule has 138 valence electrons. The first-order valence-electron chi connectivity index (χ1n) is 8.80. The first-order chi connectivity index (χ1) is 12.5. The van der Waals surface area contributed by atoms with Gasteiger partial charge in [-0.2, -0.15) is 0 Å². The lowest BCUT2D eigenvalue weighted by atomic mass is 9.98. The molecule has 0 spiro atoms. The van der Waals surface area contributed by atoms with Gasteiger partial charge in [0.1, 0.15) is 12.1 Å². The first kappa shape index (κ1) is 17.4. The van der Waals surface area contributed by atoms with Crippen molar-refractivity contribution in [1.82, 2.24) is 19.6 Å². The van der Waals surface area contributed by atoms with E-state index in [1.54, 1.807) is 12.4 Å². The van der Waals surface area contributed by atoms with Crippen LogP contribution >= 0.6 is 0 Å². The number of aromatic nitrogens is 2. The second-order valence-electron chi connectivity index (χ2n) is 6.88. The Morgan fingerprint density at radius 1 is 1.08 bits per heavy atom. The van der Waals surface area contributed by atoms with Gasteiger partial charge in [-0.05, 0) is 37.7 Å².